The van der Waals surface area contributed by atoms with E-state index in [0.717, 1.165) is 18.6 Å². The normalized spacial score (nSPS) is 23.1. The van der Waals surface area contributed by atoms with Gasteiger partial charge in [0.2, 0.25) is 0 Å². The number of rotatable bonds is 1. The van der Waals surface area contributed by atoms with Crippen LogP contribution in [0, 0.1) is 23.2 Å². The molecule has 0 bridgehead atoms. The second kappa shape index (κ2) is 5.85. The smallest absolute Gasteiger partial charge is 0.319 e. The molecule has 2 aliphatic heterocycles. The number of nitrogens with zero attached hydrogens (tertiary/aromatic N) is 3. The fourth-order valence-corrected chi connectivity index (χ4v) is 3.28. The fourth-order valence-electron chi connectivity index (χ4n) is 3.28. The molecule has 2 saturated heterocycles. The third kappa shape index (κ3) is 2.96. The molecule has 0 aromatic heterocycles. The molecule has 128 valence electrons. The number of anilines is 1. The lowest BCUT2D eigenvalue weighted by atomic mass is 10.1. The van der Waals surface area contributed by atoms with Crippen molar-refractivity contribution in [3.05, 3.63) is 29.6 Å². The summed E-state index contributed by atoms with van der Waals surface area (Å²) in [5, 5.41) is 11.2. The number of hydrogen-bond donors (Lipinski definition) is 1. The van der Waals surface area contributed by atoms with Gasteiger partial charge in [0, 0.05) is 25.6 Å². The Hall–Kier alpha value is -2.50. The van der Waals surface area contributed by atoms with Gasteiger partial charge >= 0.3 is 12.2 Å². The van der Waals surface area contributed by atoms with E-state index >= 15 is 0 Å². The van der Waals surface area contributed by atoms with Crippen molar-refractivity contribution in [1.82, 2.24) is 9.80 Å². The second-order valence-electron chi connectivity index (χ2n) is 5.94. The van der Waals surface area contributed by atoms with Crippen LogP contribution in [0.1, 0.15) is 12.0 Å². The number of fused-ring (bicyclic) bond motifs is 1. The Morgan fingerprint density at radius 3 is 2.71 bits per heavy atom. The molecular weight excluding hydrogens is 328 g/mol. The number of amides is 2. The van der Waals surface area contributed by atoms with Gasteiger partial charge in [0.05, 0.1) is 17.3 Å². The van der Waals surface area contributed by atoms with Crippen LogP contribution in [0.2, 0.25) is 0 Å². The molecule has 1 aromatic carbocycles. The van der Waals surface area contributed by atoms with Crippen molar-refractivity contribution in [2.24, 2.45) is 5.92 Å². The van der Waals surface area contributed by atoms with Gasteiger partial charge in [-0.3, -0.25) is 0 Å². The maximum atomic E-state index is 13.8. The quantitative estimate of drug-likeness (QED) is 0.631. The zero-order valence-electron chi connectivity index (χ0n) is 12.5. The zero-order valence-corrected chi connectivity index (χ0v) is 12.5. The lowest BCUT2D eigenvalue weighted by Crippen LogP contribution is -2.41. The molecule has 0 saturated carbocycles. The molecule has 1 N–H and O–H groups in total. The van der Waals surface area contributed by atoms with Crippen LogP contribution >= 0.6 is 0 Å². The van der Waals surface area contributed by atoms with Gasteiger partial charge in [-0.1, -0.05) is 0 Å². The Morgan fingerprint density at radius 1 is 1.33 bits per heavy atom. The van der Waals surface area contributed by atoms with Crippen LogP contribution in [-0.2, 0) is 6.18 Å². The Kier molecular flexibility index (Phi) is 3.99. The summed E-state index contributed by atoms with van der Waals surface area (Å²) in [6.45, 7) is 1.48. The maximum Gasteiger partial charge on any atom is 0.416 e. The summed E-state index contributed by atoms with van der Waals surface area (Å²) in [6.07, 6.45) is -1.86. The van der Waals surface area contributed by atoms with Crippen LogP contribution in [0.25, 0.3) is 0 Å². The molecule has 0 spiro atoms. The first kappa shape index (κ1) is 16.4. The molecule has 1 aromatic rings. The molecule has 0 aliphatic carbocycles. The van der Waals surface area contributed by atoms with Crippen LogP contribution < -0.4 is 5.32 Å². The number of carbonyl (C=O) groups excluding carboxylic acids is 1. The minimum atomic E-state index is -4.64. The number of benzene rings is 1. The summed E-state index contributed by atoms with van der Waals surface area (Å²) in [7, 11) is 0. The summed E-state index contributed by atoms with van der Waals surface area (Å²) in [5.41, 5.74) is -1.41. The summed E-state index contributed by atoms with van der Waals surface area (Å²) in [4.78, 5) is 15.4. The molecule has 2 aliphatic rings. The first-order valence-electron chi connectivity index (χ1n) is 7.38. The van der Waals surface area contributed by atoms with E-state index in [0.29, 0.717) is 25.7 Å². The topological polar surface area (TPSA) is 59.4 Å². The van der Waals surface area contributed by atoms with E-state index < -0.39 is 23.6 Å². The standard InChI is InChI=1S/C15H14F4N4O/c16-11-5-10(15(17,18)19)1-2-12(11)21-14(24)23-4-3-9-6-22(8-20)7-13(9)23/h1-2,5,9,13H,3-4,6-7H2,(H,21,24)/t9-,13?/m1/s1. The number of nitriles is 1. The molecule has 9 heteroatoms. The molecule has 2 heterocycles. The highest BCUT2D eigenvalue weighted by molar-refractivity contribution is 5.90. The SMILES string of the molecule is N#CN1CC2[C@H](CCN2C(=O)Nc2ccc(C(F)(F)F)cc2F)C1. The maximum absolute atomic E-state index is 13.8. The molecule has 5 nitrogen and oxygen atoms in total. The van der Waals surface area contributed by atoms with Crippen molar-refractivity contribution in [3.63, 3.8) is 0 Å². The van der Waals surface area contributed by atoms with Crippen molar-refractivity contribution >= 4 is 11.7 Å². The van der Waals surface area contributed by atoms with E-state index in [4.69, 9.17) is 5.26 Å². The zero-order chi connectivity index (χ0) is 17.5. The van der Waals surface area contributed by atoms with Gasteiger partial charge in [-0.25, -0.2) is 9.18 Å². The molecule has 1 unspecified atom stereocenters. The number of urea groups is 1. The van der Waals surface area contributed by atoms with Gasteiger partial charge < -0.3 is 15.1 Å². The van der Waals surface area contributed by atoms with Gasteiger partial charge in [-0.15, -0.1) is 0 Å². The second-order valence-corrected chi connectivity index (χ2v) is 5.94. The largest absolute Gasteiger partial charge is 0.416 e. The highest BCUT2D eigenvalue weighted by Crippen LogP contribution is 2.33. The highest BCUT2D eigenvalue weighted by Gasteiger charge is 2.43. The van der Waals surface area contributed by atoms with E-state index in [1.165, 1.54) is 4.90 Å². The first-order chi connectivity index (χ1) is 11.3. The lowest BCUT2D eigenvalue weighted by Gasteiger charge is -2.24. The van der Waals surface area contributed by atoms with Crippen molar-refractivity contribution in [2.75, 3.05) is 25.0 Å². The Balaban J connectivity index is 1.71. The molecule has 24 heavy (non-hydrogen) atoms. The highest BCUT2D eigenvalue weighted by atomic mass is 19.4. The number of hydrogen-bond acceptors (Lipinski definition) is 3. The van der Waals surface area contributed by atoms with E-state index in [-0.39, 0.29) is 17.6 Å². The summed E-state index contributed by atoms with van der Waals surface area (Å²) < 4.78 is 51.4. The molecule has 2 atom stereocenters. The molecule has 0 radical (unpaired) electrons. The number of nitrogens with one attached hydrogen (secondary N) is 1. The summed E-state index contributed by atoms with van der Waals surface area (Å²) >= 11 is 0. The average molecular weight is 342 g/mol. The Morgan fingerprint density at radius 2 is 2.08 bits per heavy atom. The summed E-state index contributed by atoms with van der Waals surface area (Å²) in [6, 6.07) is 1.27. The minimum Gasteiger partial charge on any atom is -0.319 e. The fraction of sp³-hybridized carbons (Fsp3) is 0.467. The number of likely N-dealkylation sites (tertiary alicyclic amines) is 2. The molecule has 3 rings (SSSR count). The molecule has 2 fully saturated rings. The first-order valence-corrected chi connectivity index (χ1v) is 7.38. The third-order valence-corrected chi connectivity index (χ3v) is 4.49. The van der Waals surface area contributed by atoms with Gasteiger partial charge in [-0.05, 0) is 24.6 Å². The molecule has 2 amide bonds. The van der Waals surface area contributed by atoms with Gasteiger partial charge in [0.1, 0.15) is 5.82 Å². The number of carbonyl (C=O) groups is 1. The average Bonchev–Trinajstić information content (AvgIpc) is 3.07. The van der Waals surface area contributed by atoms with Gasteiger partial charge in [0.25, 0.3) is 0 Å². The van der Waals surface area contributed by atoms with Crippen LogP contribution in [0.4, 0.5) is 28.0 Å². The van der Waals surface area contributed by atoms with E-state index in [1.54, 1.807) is 4.90 Å². The Bertz CT molecular complexity index is 700. The van der Waals surface area contributed by atoms with Crippen molar-refractivity contribution in [3.8, 4) is 6.19 Å². The van der Waals surface area contributed by atoms with E-state index in [2.05, 4.69) is 5.32 Å². The van der Waals surface area contributed by atoms with E-state index in [1.807, 2.05) is 6.19 Å². The monoisotopic (exact) mass is 342 g/mol. The van der Waals surface area contributed by atoms with E-state index in [9.17, 15) is 22.4 Å². The molecular formula is C15H14F4N4O. The van der Waals surface area contributed by atoms with Crippen LogP contribution in [-0.4, -0.2) is 41.5 Å². The summed E-state index contributed by atoms with van der Waals surface area (Å²) in [5.74, 6) is -0.952. The van der Waals surface area contributed by atoms with Crippen molar-refractivity contribution < 1.29 is 22.4 Å². The van der Waals surface area contributed by atoms with Gasteiger partial charge in [0.15, 0.2) is 6.19 Å². The van der Waals surface area contributed by atoms with Crippen molar-refractivity contribution in [1.29, 1.82) is 5.26 Å². The number of halogens is 4. The minimum absolute atomic E-state index is 0.137. The number of alkyl halides is 3. The predicted octanol–water partition coefficient (Wildman–Crippen LogP) is 2.86. The lowest BCUT2D eigenvalue weighted by molar-refractivity contribution is -0.137. The van der Waals surface area contributed by atoms with Crippen molar-refractivity contribution in [2.45, 2.75) is 18.6 Å². The van der Waals surface area contributed by atoms with Crippen LogP contribution in [0.15, 0.2) is 18.2 Å². The third-order valence-electron chi connectivity index (χ3n) is 4.49. The van der Waals surface area contributed by atoms with Crippen LogP contribution in [0.3, 0.4) is 0 Å². The Labute approximate surface area is 135 Å². The van der Waals surface area contributed by atoms with Gasteiger partial charge in [-0.2, -0.15) is 18.4 Å². The predicted molar refractivity (Wildman–Crippen MR) is 76.2 cm³/mol. The van der Waals surface area contributed by atoms with Crippen LogP contribution in [0.5, 0.6) is 0 Å².